The molecule has 0 aliphatic carbocycles. The number of H-pyrrole nitrogens is 2. The van der Waals surface area contributed by atoms with E-state index in [0.717, 1.165) is 39.2 Å². The molecule has 0 spiro atoms. The normalized spacial score (nSPS) is 11.4. The molecule has 3 aromatic carbocycles. The maximum Gasteiger partial charge on any atom is 0.141 e. The average molecular weight is 323 g/mol. The van der Waals surface area contributed by atoms with E-state index < -0.39 is 0 Å². The number of nitrogens with one attached hydrogen (secondary N) is 2. The predicted octanol–water partition coefficient (Wildman–Crippen LogP) is 5.69. The lowest BCUT2D eigenvalue weighted by Crippen LogP contribution is -1.85. The van der Waals surface area contributed by atoms with Crippen molar-refractivity contribution < 1.29 is 0 Å². The number of hydrogen-bond donors (Lipinski definition) is 2. The summed E-state index contributed by atoms with van der Waals surface area (Å²) in [5.41, 5.74) is 7.79. The molecule has 0 aliphatic rings. The fraction of sp³-hybridized carbons (Fsp3) is 0.0455. The molecule has 0 radical (unpaired) electrons. The number of fused-ring (bicyclic) bond motifs is 2. The fourth-order valence-corrected chi connectivity index (χ4v) is 3.40. The first-order valence-electron chi connectivity index (χ1n) is 8.42. The first-order chi connectivity index (χ1) is 12.3. The van der Waals surface area contributed by atoms with Crippen LogP contribution >= 0.6 is 0 Å². The second-order valence-electron chi connectivity index (χ2n) is 6.39. The molecule has 5 aromatic rings. The van der Waals surface area contributed by atoms with Crippen molar-refractivity contribution in [2.45, 2.75) is 6.92 Å². The van der Waals surface area contributed by atoms with Gasteiger partial charge in [-0.3, -0.25) is 0 Å². The second kappa shape index (κ2) is 5.35. The summed E-state index contributed by atoms with van der Waals surface area (Å²) in [5, 5.41) is 1.18. The number of benzene rings is 3. The lowest BCUT2D eigenvalue weighted by Gasteiger charge is -2.03. The van der Waals surface area contributed by atoms with Crippen molar-refractivity contribution in [1.82, 2.24) is 15.0 Å². The van der Waals surface area contributed by atoms with Gasteiger partial charge in [0.2, 0.25) is 0 Å². The van der Waals surface area contributed by atoms with Crippen molar-refractivity contribution in [3.05, 3.63) is 78.4 Å². The number of aromatic amines is 2. The Labute approximate surface area is 145 Å². The van der Waals surface area contributed by atoms with Crippen LogP contribution in [-0.4, -0.2) is 15.0 Å². The van der Waals surface area contributed by atoms with E-state index in [2.05, 4.69) is 71.5 Å². The molecule has 2 N–H and O–H groups in total. The molecule has 0 amide bonds. The number of nitrogens with zero attached hydrogens (tertiary/aromatic N) is 1. The van der Waals surface area contributed by atoms with Crippen LogP contribution in [0.25, 0.3) is 44.6 Å². The maximum atomic E-state index is 4.83. The zero-order valence-electron chi connectivity index (χ0n) is 13.9. The highest BCUT2D eigenvalue weighted by atomic mass is 14.9. The quantitative estimate of drug-likeness (QED) is 0.431. The van der Waals surface area contributed by atoms with E-state index in [9.17, 15) is 0 Å². The smallest absolute Gasteiger partial charge is 0.141 e. The number of aromatic nitrogens is 3. The SMILES string of the molecule is Cc1ccc(-c2[nH]c3ccccc3c2-c2nc3ccccc3[nH]2)cc1. The molecular weight excluding hydrogens is 306 g/mol. The first-order valence-corrected chi connectivity index (χ1v) is 8.42. The topological polar surface area (TPSA) is 44.5 Å². The maximum absolute atomic E-state index is 4.83. The molecular formula is C22H17N3. The molecule has 0 fully saturated rings. The van der Waals surface area contributed by atoms with Crippen LogP contribution in [0, 0.1) is 6.92 Å². The Morgan fingerprint density at radius 3 is 2.24 bits per heavy atom. The van der Waals surface area contributed by atoms with Crippen LogP contribution in [0.1, 0.15) is 5.56 Å². The second-order valence-corrected chi connectivity index (χ2v) is 6.39. The summed E-state index contributed by atoms with van der Waals surface area (Å²) in [6.07, 6.45) is 0. The van der Waals surface area contributed by atoms with E-state index in [1.54, 1.807) is 0 Å². The van der Waals surface area contributed by atoms with Gasteiger partial charge in [0, 0.05) is 10.9 Å². The number of imidazole rings is 1. The summed E-state index contributed by atoms with van der Waals surface area (Å²) in [7, 11) is 0. The van der Waals surface area contributed by atoms with Gasteiger partial charge in [-0.05, 0) is 30.7 Å². The minimum Gasteiger partial charge on any atom is -0.354 e. The monoisotopic (exact) mass is 323 g/mol. The minimum absolute atomic E-state index is 0.897. The lowest BCUT2D eigenvalue weighted by atomic mass is 10.0. The Balaban J connectivity index is 1.83. The predicted molar refractivity (Wildman–Crippen MR) is 104 cm³/mol. The van der Waals surface area contributed by atoms with Gasteiger partial charge in [0.15, 0.2) is 0 Å². The summed E-state index contributed by atoms with van der Waals surface area (Å²) >= 11 is 0. The molecule has 2 heterocycles. The molecule has 3 heteroatoms. The summed E-state index contributed by atoms with van der Waals surface area (Å²) in [5.74, 6) is 0.897. The van der Waals surface area contributed by atoms with Crippen LogP contribution in [0.5, 0.6) is 0 Å². The van der Waals surface area contributed by atoms with Gasteiger partial charge in [-0.2, -0.15) is 0 Å². The summed E-state index contributed by atoms with van der Waals surface area (Å²) in [6, 6.07) is 25.1. The summed E-state index contributed by atoms with van der Waals surface area (Å²) < 4.78 is 0. The molecule has 0 saturated heterocycles. The van der Waals surface area contributed by atoms with Crippen LogP contribution in [-0.2, 0) is 0 Å². The van der Waals surface area contributed by atoms with Gasteiger partial charge in [0.05, 0.1) is 22.3 Å². The minimum atomic E-state index is 0.897. The van der Waals surface area contributed by atoms with Crippen molar-refractivity contribution in [3.8, 4) is 22.6 Å². The van der Waals surface area contributed by atoms with Gasteiger partial charge in [0.1, 0.15) is 5.82 Å². The number of para-hydroxylation sites is 3. The summed E-state index contributed by atoms with van der Waals surface area (Å²) in [4.78, 5) is 11.9. The van der Waals surface area contributed by atoms with Gasteiger partial charge < -0.3 is 9.97 Å². The highest BCUT2D eigenvalue weighted by Crippen LogP contribution is 2.37. The Morgan fingerprint density at radius 1 is 0.720 bits per heavy atom. The first kappa shape index (κ1) is 14.1. The van der Waals surface area contributed by atoms with E-state index >= 15 is 0 Å². The highest BCUT2D eigenvalue weighted by molar-refractivity contribution is 6.03. The van der Waals surface area contributed by atoms with Gasteiger partial charge in [-0.15, -0.1) is 0 Å². The van der Waals surface area contributed by atoms with Crippen LogP contribution in [0.3, 0.4) is 0 Å². The molecule has 120 valence electrons. The molecule has 0 saturated carbocycles. The molecule has 0 bridgehead atoms. The fourth-order valence-electron chi connectivity index (χ4n) is 3.40. The Hall–Kier alpha value is -3.33. The molecule has 0 atom stereocenters. The van der Waals surface area contributed by atoms with Crippen molar-refractivity contribution >= 4 is 21.9 Å². The Morgan fingerprint density at radius 2 is 1.44 bits per heavy atom. The average Bonchev–Trinajstić information content (AvgIpc) is 3.23. The van der Waals surface area contributed by atoms with Crippen molar-refractivity contribution in [3.63, 3.8) is 0 Å². The molecule has 3 nitrogen and oxygen atoms in total. The number of hydrogen-bond acceptors (Lipinski definition) is 1. The van der Waals surface area contributed by atoms with Crippen LogP contribution < -0.4 is 0 Å². The van der Waals surface area contributed by atoms with Gasteiger partial charge in [-0.25, -0.2) is 4.98 Å². The van der Waals surface area contributed by atoms with Crippen LogP contribution in [0.2, 0.25) is 0 Å². The molecule has 0 aliphatic heterocycles. The molecule has 0 unspecified atom stereocenters. The van der Waals surface area contributed by atoms with E-state index in [1.807, 2.05) is 18.2 Å². The zero-order valence-corrected chi connectivity index (χ0v) is 13.9. The largest absolute Gasteiger partial charge is 0.354 e. The van der Waals surface area contributed by atoms with Gasteiger partial charge in [0.25, 0.3) is 0 Å². The summed E-state index contributed by atoms with van der Waals surface area (Å²) in [6.45, 7) is 2.11. The zero-order chi connectivity index (χ0) is 16.8. The van der Waals surface area contributed by atoms with Gasteiger partial charge in [-0.1, -0.05) is 60.2 Å². The molecule has 5 rings (SSSR count). The Bertz CT molecular complexity index is 1160. The highest BCUT2D eigenvalue weighted by Gasteiger charge is 2.17. The van der Waals surface area contributed by atoms with Crippen molar-refractivity contribution in [2.75, 3.05) is 0 Å². The number of rotatable bonds is 2. The third-order valence-corrected chi connectivity index (χ3v) is 4.67. The van der Waals surface area contributed by atoms with Crippen LogP contribution in [0.15, 0.2) is 72.8 Å². The van der Waals surface area contributed by atoms with Crippen molar-refractivity contribution in [1.29, 1.82) is 0 Å². The molecule has 2 aromatic heterocycles. The number of aryl methyl sites for hydroxylation is 1. The van der Waals surface area contributed by atoms with E-state index in [-0.39, 0.29) is 0 Å². The van der Waals surface area contributed by atoms with Gasteiger partial charge >= 0.3 is 0 Å². The Kier molecular flexibility index (Phi) is 3.01. The third kappa shape index (κ3) is 2.24. The van der Waals surface area contributed by atoms with E-state index in [4.69, 9.17) is 4.98 Å². The lowest BCUT2D eigenvalue weighted by molar-refractivity contribution is 1.33. The van der Waals surface area contributed by atoms with E-state index in [1.165, 1.54) is 10.9 Å². The third-order valence-electron chi connectivity index (χ3n) is 4.67. The molecule has 25 heavy (non-hydrogen) atoms. The van der Waals surface area contributed by atoms with Crippen LogP contribution in [0.4, 0.5) is 0 Å². The standard InChI is InChI=1S/C22H17N3/c1-14-10-12-15(13-11-14)21-20(16-6-2-3-7-17(16)23-21)22-24-18-8-4-5-9-19(18)25-22/h2-13,23H,1H3,(H,24,25). The van der Waals surface area contributed by atoms with E-state index in [0.29, 0.717) is 0 Å². The van der Waals surface area contributed by atoms with Crippen molar-refractivity contribution in [2.24, 2.45) is 0 Å².